The summed E-state index contributed by atoms with van der Waals surface area (Å²) < 4.78 is 0. The molecule has 0 saturated heterocycles. The van der Waals surface area contributed by atoms with Crippen LogP contribution in [0.3, 0.4) is 0 Å². The molecule has 1 fully saturated rings. The Balaban J connectivity index is 1.54. The molecule has 3 rings (SSSR count). The first-order chi connectivity index (χ1) is 9.38. The van der Waals surface area contributed by atoms with Crippen LogP contribution in [0.4, 0.5) is 0 Å². The lowest BCUT2D eigenvalue weighted by Gasteiger charge is -2.22. The van der Waals surface area contributed by atoms with E-state index in [1.54, 1.807) is 5.57 Å². The molecule has 1 unspecified atom stereocenters. The van der Waals surface area contributed by atoms with E-state index in [0.29, 0.717) is 0 Å². The third-order valence-corrected chi connectivity index (χ3v) is 5.04. The summed E-state index contributed by atoms with van der Waals surface area (Å²) in [6.45, 7) is 2.31. The Hall–Kier alpha value is -1.04. The molecule has 0 amide bonds. The quantitative estimate of drug-likeness (QED) is 0.591. The molecule has 0 spiro atoms. The normalized spacial score (nSPS) is 29.9. The number of allylic oxidation sites excluding steroid dienone is 2. The molecule has 0 bridgehead atoms. The molecular weight excluding hydrogens is 228 g/mol. The minimum Gasteiger partial charge on any atom is -0.0844 e. The topological polar surface area (TPSA) is 0 Å². The van der Waals surface area contributed by atoms with E-state index in [0.717, 1.165) is 17.8 Å². The standard InChI is InChI=1S/C19H26/c1-2-3-7-18-14-19(18)17-12-10-16(11-13-17)15-8-5-4-6-9-15/h4-6,8-9,12,16,18-19H,2-3,7,10-11,13-14H2,1H3/t16?,18-,19+/m1/s1. The van der Waals surface area contributed by atoms with Crippen molar-refractivity contribution in [2.75, 3.05) is 0 Å². The molecule has 0 aromatic heterocycles. The molecule has 1 saturated carbocycles. The Bertz CT molecular complexity index is 429. The molecule has 102 valence electrons. The van der Waals surface area contributed by atoms with Crippen LogP contribution in [0, 0.1) is 11.8 Å². The van der Waals surface area contributed by atoms with Crippen molar-refractivity contribution in [3.8, 4) is 0 Å². The van der Waals surface area contributed by atoms with Gasteiger partial charge in [0.2, 0.25) is 0 Å². The maximum absolute atomic E-state index is 2.58. The van der Waals surface area contributed by atoms with Crippen molar-refractivity contribution in [2.24, 2.45) is 11.8 Å². The van der Waals surface area contributed by atoms with Crippen molar-refractivity contribution >= 4 is 0 Å². The Labute approximate surface area is 117 Å². The molecule has 2 aliphatic carbocycles. The second kappa shape index (κ2) is 5.94. The summed E-state index contributed by atoms with van der Waals surface area (Å²) in [5, 5.41) is 0. The van der Waals surface area contributed by atoms with Crippen LogP contribution >= 0.6 is 0 Å². The van der Waals surface area contributed by atoms with Gasteiger partial charge < -0.3 is 0 Å². The maximum atomic E-state index is 2.58. The highest BCUT2D eigenvalue weighted by Crippen LogP contribution is 2.50. The van der Waals surface area contributed by atoms with E-state index < -0.39 is 0 Å². The molecular formula is C19H26. The van der Waals surface area contributed by atoms with Gasteiger partial charge in [0.1, 0.15) is 0 Å². The highest BCUT2D eigenvalue weighted by Gasteiger charge is 2.39. The van der Waals surface area contributed by atoms with Crippen LogP contribution in [0.25, 0.3) is 0 Å². The van der Waals surface area contributed by atoms with E-state index in [2.05, 4.69) is 43.3 Å². The van der Waals surface area contributed by atoms with E-state index in [1.165, 1.54) is 50.5 Å². The SMILES string of the molecule is CCCC[C@@H]1C[C@H]1C1=CCC(c2ccccc2)CC1. The van der Waals surface area contributed by atoms with Gasteiger partial charge in [-0.05, 0) is 55.4 Å². The zero-order chi connectivity index (χ0) is 13.1. The van der Waals surface area contributed by atoms with Crippen LogP contribution in [0.2, 0.25) is 0 Å². The van der Waals surface area contributed by atoms with Gasteiger partial charge in [0.25, 0.3) is 0 Å². The van der Waals surface area contributed by atoms with Gasteiger partial charge in [0.15, 0.2) is 0 Å². The van der Waals surface area contributed by atoms with Crippen molar-refractivity contribution in [3.05, 3.63) is 47.5 Å². The zero-order valence-electron chi connectivity index (χ0n) is 12.1. The number of benzene rings is 1. The molecule has 0 heterocycles. The first-order valence-corrected chi connectivity index (χ1v) is 8.12. The molecule has 1 aromatic rings. The monoisotopic (exact) mass is 254 g/mol. The summed E-state index contributed by atoms with van der Waals surface area (Å²) in [7, 11) is 0. The summed E-state index contributed by atoms with van der Waals surface area (Å²) >= 11 is 0. The Morgan fingerprint density at radius 3 is 2.68 bits per heavy atom. The Kier molecular flexibility index (Phi) is 4.06. The number of unbranched alkanes of at least 4 members (excludes halogenated alkanes) is 1. The predicted octanol–water partition coefficient (Wildman–Crippen LogP) is 5.71. The average molecular weight is 254 g/mol. The lowest BCUT2D eigenvalue weighted by atomic mass is 9.83. The van der Waals surface area contributed by atoms with E-state index >= 15 is 0 Å². The number of hydrogen-bond donors (Lipinski definition) is 0. The molecule has 0 radical (unpaired) electrons. The van der Waals surface area contributed by atoms with Crippen LogP contribution in [0.5, 0.6) is 0 Å². The van der Waals surface area contributed by atoms with Crippen LogP contribution in [-0.4, -0.2) is 0 Å². The van der Waals surface area contributed by atoms with Gasteiger partial charge in [0, 0.05) is 0 Å². The van der Waals surface area contributed by atoms with Gasteiger partial charge in [-0.25, -0.2) is 0 Å². The van der Waals surface area contributed by atoms with Gasteiger partial charge in [-0.15, -0.1) is 0 Å². The first-order valence-electron chi connectivity index (χ1n) is 8.12. The third kappa shape index (κ3) is 3.11. The Morgan fingerprint density at radius 2 is 2.00 bits per heavy atom. The largest absolute Gasteiger partial charge is 0.0844 e. The summed E-state index contributed by atoms with van der Waals surface area (Å²) in [6.07, 6.45) is 12.3. The Morgan fingerprint density at radius 1 is 1.16 bits per heavy atom. The van der Waals surface area contributed by atoms with E-state index in [9.17, 15) is 0 Å². The molecule has 0 N–H and O–H groups in total. The fourth-order valence-corrected chi connectivity index (χ4v) is 3.71. The average Bonchev–Trinajstić information content (AvgIpc) is 3.26. The van der Waals surface area contributed by atoms with Crippen LogP contribution < -0.4 is 0 Å². The zero-order valence-corrected chi connectivity index (χ0v) is 12.1. The minimum atomic E-state index is 0.776. The van der Waals surface area contributed by atoms with Crippen LogP contribution in [0.1, 0.15) is 63.4 Å². The van der Waals surface area contributed by atoms with Gasteiger partial charge in [0.05, 0.1) is 0 Å². The summed E-state index contributed by atoms with van der Waals surface area (Å²) in [5.41, 5.74) is 3.34. The van der Waals surface area contributed by atoms with Crippen LogP contribution in [-0.2, 0) is 0 Å². The van der Waals surface area contributed by atoms with E-state index in [1.807, 2.05) is 0 Å². The second-order valence-corrected chi connectivity index (χ2v) is 6.41. The van der Waals surface area contributed by atoms with Crippen molar-refractivity contribution in [1.29, 1.82) is 0 Å². The highest BCUT2D eigenvalue weighted by atomic mass is 14.4. The second-order valence-electron chi connectivity index (χ2n) is 6.41. The molecule has 0 nitrogen and oxygen atoms in total. The summed E-state index contributed by atoms with van der Waals surface area (Å²) in [6, 6.07) is 11.1. The van der Waals surface area contributed by atoms with Gasteiger partial charge in [-0.3, -0.25) is 0 Å². The first kappa shape index (κ1) is 13.0. The number of hydrogen-bond acceptors (Lipinski definition) is 0. The molecule has 0 heteroatoms. The molecule has 2 aliphatic rings. The van der Waals surface area contributed by atoms with Gasteiger partial charge in [-0.2, -0.15) is 0 Å². The van der Waals surface area contributed by atoms with Crippen molar-refractivity contribution < 1.29 is 0 Å². The number of rotatable bonds is 5. The van der Waals surface area contributed by atoms with E-state index in [4.69, 9.17) is 0 Å². The summed E-state index contributed by atoms with van der Waals surface area (Å²) in [4.78, 5) is 0. The van der Waals surface area contributed by atoms with Crippen molar-refractivity contribution in [2.45, 2.75) is 57.8 Å². The van der Waals surface area contributed by atoms with Gasteiger partial charge >= 0.3 is 0 Å². The lowest BCUT2D eigenvalue weighted by molar-refractivity contribution is 0.560. The minimum absolute atomic E-state index is 0.776. The fraction of sp³-hybridized carbons (Fsp3) is 0.579. The van der Waals surface area contributed by atoms with Gasteiger partial charge in [-0.1, -0.05) is 61.7 Å². The van der Waals surface area contributed by atoms with E-state index in [-0.39, 0.29) is 0 Å². The maximum Gasteiger partial charge on any atom is -0.0124 e. The summed E-state index contributed by atoms with van der Waals surface area (Å²) in [5.74, 6) is 2.79. The molecule has 1 aromatic carbocycles. The molecule has 0 aliphatic heterocycles. The molecule has 19 heavy (non-hydrogen) atoms. The predicted molar refractivity (Wildman–Crippen MR) is 82.2 cm³/mol. The third-order valence-electron chi connectivity index (χ3n) is 5.04. The van der Waals surface area contributed by atoms with Crippen molar-refractivity contribution in [3.63, 3.8) is 0 Å². The molecule has 3 atom stereocenters. The van der Waals surface area contributed by atoms with Crippen molar-refractivity contribution in [1.82, 2.24) is 0 Å². The van der Waals surface area contributed by atoms with Crippen LogP contribution in [0.15, 0.2) is 42.0 Å². The smallest absolute Gasteiger partial charge is 0.0124 e. The lowest BCUT2D eigenvalue weighted by Crippen LogP contribution is -2.05. The fourth-order valence-electron chi connectivity index (χ4n) is 3.71. The highest BCUT2D eigenvalue weighted by molar-refractivity contribution is 5.25.